The van der Waals surface area contributed by atoms with E-state index >= 15 is 0 Å². The van der Waals surface area contributed by atoms with E-state index in [1.807, 2.05) is 6.07 Å². The lowest BCUT2D eigenvalue weighted by Crippen LogP contribution is -2.26. The minimum Gasteiger partial charge on any atom is -0.436 e. The zero-order valence-corrected chi connectivity index (χ0v) is 13.4. The summed E-state index contributed by atoms with van der Waals surface area (Å²) in [6.07, 6.45) is 3.44. The highest BCUT2D eigenvalue weighted by atomic mass is 16.6. The molecule has 2 aromatic heterocycles. The first-order chi connectivity index (χ1) is 12.2. The number of benzene rings is 1. The number of nitrogens with one attached hydrogen (secondary N) is 1. The molecule has 0 bridgehead atoms. The predicted molar refractivity (Wildman–Crippen MR) is 89.6 cm³/mol. The Morgan fingerprint density at radius 2 is 2.28 bits per heavy atom. The Labute approximate surface area is 143 Å². The molecule has 3 heterocycles. The highest BCUT2D eigenvalue weighted by Gasteiger charge is 2.37. The molecule has 7 heteroatoms. The van der Waals surface area contributed by atoms with Gasteiger partial charge in [-0.25, -0.2) is 9.78 Å². The molecule has 2 aliphatic rings. The van der Waals surface area contributed by atoms with Gasteiger partial charge in [0.05, 0.1) is 40.9 Å². The number of nitriles is 1. The number of hydrogen-bond donors (Lipinski definition) is 1. The third kappa shape index (κ3) is 2.38. The normalized spacial score (nSPS) is 20.2. The Bertz CT molecular complexity index is 1050. The molecule has 3 aromatic rings. The van der Waals surface area contributed by atoms with Crippen molar-refractivity contribution < 1.29 is 9.53 Å². The molecule has 5 rings (SSSR count). The van der Waals surface area contributed by atoms with E-state index in [0.29, 0.717) is 23.9 Å². The number of fused-ring (bicyclic) bond motifs is 3. The van der Waals surface area contributed by atoms with Gasteiger partial charge in [0.15, 0.2) is 11.9 Å². The van der Waals surface area contributed by atoms with Crippen molar-refractivity contribution in [1.82, 2.24) is 19.9 Å². The molecule has 1 saturated carbocycles. The van der Waals surface area contributed by atoms with Crippen LogP contribution in [0.25, 0.3) is 21.9 Å². The number of rotatable bonds is 3. The molecule has 1 N–H and O–H groups in total. The van der Waals surface area contributed by atoms with Crippen LogP contribution in [0, 0.1) is 17.2 Å². The van der Waals surface area contributed by atoms with E-state index in [-0.39, 0.29) is 6.09 Å². The Kier molecular flexibility index (Phi) is 2.95. The molecule has 1 aliphatic carbocycles. The average Bonchev–Trinajstić information content (AvgIpc) is 3.21. The standard InChI is InChI=1S/C18H15N5O2/c19-6-11-3-4-13-12(5-11)16-14(7-20-13)21-17(22-16)15-9-23(18(24)25-15)8-10-1-2-10/h3-5,7,10,15H,1-2,8-9H2,(H,21,22)/t15-/m0/s1. The van der Waals surface area contributed by atoms with Crippen LogP contribution in [-0.2, 0) is 4.74 Å². The van der Waals surface area contributed by atoms with Gasteiger partial charge in [0, 0.05) is 11.9 Å². The number of amides is 1. The number of nitrogens with zero attached hydrogens (tertiary/aromatic N) is 4. The van der Waals surface area contributed by atoms with E-state index in [9.17, 15) is 4.79 Å². The van der Waals surface area contributed by atoms with E-state index in [1.54, 1.807) is 23.2 Å². The maximum Gasteiger partial charge on any atom is 0.410 e. The summed E-state index contributed by atoms with van der Waals surface area (Å²) in [7, 11) is 0. The van der Waals surface area contributed by atoms with Gasteiger partial charge in [-0.1, -0.05) is 0 Å². The SMILES string of the molecule is N#Cc1ccc2ncc3[nH]c([C@@H]4CN(CC5CC5)C(=O)O4)nc3c2c1. The highest BCUT2D eigenvalue weighted by Crippen LogP contribution is 2.34. The fourth-order valence-corrected chi connectivity index (χ4v) is 3.31. The van der Waals surface area contributed by atoms with Crippen LogP contribution >= 0.6 is 0 Å². The third-order valence-corrected chi connectivity index (χ3v) is 4.83. The van der Waals surface area contributed by atoms with Gasteiger partial charge in [0.25, 0.3) is 0 Å². The van der Waals surface area contributed by atoms with Crippen LogP contribution in [-0.4, -0.2) is 39.0 Å². The van der Waals surface area contributed by atoms with E-state index in [2.05, 4.69) is 21.0 Å². The smallest absolute Gasteiger partial charge is 0.410 e. The molecule has 25 heavy (non-hydrogen) atoms. The van der Waals surface area contributed by atoms with Crippen LogP contribution in [0.2, 0.25) is 0 Å². The first-order valence-corrected chi connectivity index (χ1v) is 8.35. The molecular formula is C18H15N5O2. The van der Waals surface area contributed by atoms with Crippen LogP contribution in [0.4, 0.5) is 4.79 Å². The first kappa shape index (κ1) is 14.2. The van der Waals surface area contributed by atoms with Gasteiger partial charge in [-0.3, -0.25) is 4.98 Å². The number of imidazole rings is 1. The van der Waals surface area contributed by atoms with Crippen LogP contribution < -0.4 is 0 Å². The Morgan fingerprint density at radius 1 is 1.40 bits per heavy atom. The monoisotopic (exact) mass is 333 g/mol. The van der Waals surface area contributed by atoms with Crippen molar-refractivity contribution >= 4 is 28.0 Å². The Hall–Kier alpha value is -3.14. The maximum absolute atomic E-state index is 12.0. The highest BCUT2D eigenvalue weighted by molar-refractivity contribution is 6.02. The Balaban J connectivity index is 1.53. The molecule has 1 amide bonds. The molecule has 2 fully saturated rings. The van der Waals surface area contributed by atoms with E-state index in [1.165, 1.54) is 12.8 Å². The second-order valence-corrected chi connectivity index (χ2v) is 6.71. The Morgan fingerprint density at radius 3 is 3.08 bits per heavy atom. The largest absolute Gasteiger partial charge is 0.436 e. The molecule has 7 nitrogen and oxygen atoms in total. The van der Waals surface area contributed by atoms with Crippen molar-refractivity contribution in [2.45, 2.75) is 18.9 Å². The summed E-state index contributed by atoms with van der Waals surface area (Å²) in [5.41, 5.74) is 2.86. The van der Waals surface area contributed by atoms with Crippen molar-refractivity contribution in [1.29, 1.82) is 5.26 Å². The number of carbonyl (C=O) groups is 1. The fraction of sp³-hybridized carbons (Fsp3) is 0.333. The van der Waals surface area contributed by atoms with Gasteiger partial charge in [-0.2, -0.15) is 5.26 Å². The molecular weight excluding hydrogens is 318 g/mol. The third-order valence-electron chi connectivity index (χ3n) is 4.83. The number of H-pyrrole nitrogens is 1. The van der Waals surface area contributed by atoms with Crippen molar-refractivity contribution in [3.8, 4) is 6.07 Å². The van der Waals surface area contributed by atoms with Gasteiger partial charge < -0.3 is 14.6 Å². The van der Waals surface area contributed by atoms with Crippen molar-refractivity contribution in [3.05, 3.63) is 35.8 Å². The summed E-state index contributed by atoms with van der Waals surface area (Å²) < 4.78 is 5.50. The number of ether oxygens (including phenoxy) is 1. The molecule has 1 atom stereocenters. The first-order valence-electron chi connectivity index (χ1n) is 8.35. The van der Waals surface area contributed by atoms with Gasteiger partial charge in [0.1, 0.15) is 0 Å². The van der Waals surface area contributed by atoms with E-state index < -0.39 is 6.10 Å². The van der Waals surface area contributed by atoms with E-state index in [4.69, 9.17) is 10.00 Å². The second kappa shape index (κ2) is 5.18. The minimum absolute atomic E-state index is 0.271. The zero-order valence-electron chi connectivity index (χ0n) is 13.4. The van der Waals surface area contributed by atoms with Crippen molar-refractivity contribution in [2.24, 2.45) is 5.92 Å². The summed E-state index contributed by atoms with van der Waals surface area (Å²) in [4.78, 5) is 26.1. The maximum atomic E-state index is 12.0. The molecule has 1 aliphatic heterocycles. The predicted octanol–water partition coefficient (Wildman–Crippen LogP) is 2.89. The molecule has 124 valence electrons. The van der Waals surface area contributed by atoms with Crippen LogP contribution in [0.3, 0.4) is 0 Å². The van der Waals surface area contributed by atoms with Crippen LogP contribution in [0.15, 0.2) is 24.4 Å². The van der Waals surface area contributed by atoms with Crippen molar-refractivity contribution in [3.63, 3.8) is 0 Å². The van der Waals surface area contributed by atoms with Gasteiger partial charge in [-0.15, -0.1) is 0 Å². The lowest BCUT2D eigenvalue weighted by Gasteiger charge is -2.10. The molecule has 0 spiro atoms. The summed E-state index contributed by atoms with van der Waals surface area (Å²) in [6.45, 7) is 1.29. The fourth-order valence-electron chi connectivity index (χ4n) is 3.31. The summed E-state index contributed by atoms with van der Waals surface area (Å²) in [5, 5.41) is 9.94. The topological polar surface area (TPSA) is 94.9 Å². The molecule has 0 radical (unpaired) electrons. The number of carbonyl (C=O) groups excluding carboxylic acids is 1. The second-order valence-electron chi connectivity index (χ2n) is 6.71. The lowest BCUT2D eigenvalue weighted by atomic mass is 10.1. The number of pyridine rings is 1. The van der Waals surface area contributed by atoms with Crippen LogP contribution in [0.1, 0.15) is 30.3 Å². The quantitative estimate of drug-likeness (QED) is 0.795. The van der Waals surface area contributed by atoms with Crippen molar-refractivity contribution in [2.75, 3.05) is 13.1 Å². The number of hydrogen-bond acceptors (Lipinski definition) is 5. The van der Waals surface area contributed by atoms with Gasteiger partial charge >= 0.3 is 6.09 Å². The zero-order chi connectivity index (χ0) is 17.0. The summed E-state index contributed by atoms with van der Waals surface area (Å²) in [6, 6.07) is 7.48. The number of aromatic nitrogens is 3. The molecule has 0 unspecified atom stereocenters. The summed E-state index contributed by atoms with van der Waals surface area (Å²) in [5.74, 6) is 1.25. The molecule has 1 saturated heterocycles. The minimum atomic E-state index is -0.396. The van der Waals surface area contributed by atoms with Gasteiger partial charge in [0.2, 0.25) is 0 Å². The summed E-state index contributed by atoms with van der Waals surface area (Å²) >= 11 is 0. The van der Waals surface area contributed by atoms with Gasteiger partial charge in [-0.05, 0) is 37.0 Å². The number of aromatic amines is 1. The lowest BCUT2D eigenvalue weighted by molar-refractivity contribution is 0.129. The average molecular weight is 333 g/mol. The van der Waals surface area contributed by atoms with Crippen LogP contribution in [0.5, 0.6) is 0 Å². The van der Waals surface area contributed by atoms with E-state index in [0.717, 1.165) is 28.5 Å². The molecule has 1 aromatic carbocycles. The number of cyclic esters (lactones) is 1.